The van der Waals surface area contributed by atoms with E-state index in [1.807, 2.05) is 17.8 Å². The first-order valence-corrected chi connectivity index (χ1v) is 17.1. The Bertz CT molecular complexity index is 1910. The van der Waals surface area contributed by atoms with Gasteiger partial charge in [-0.15, -0.1) is 0 Å². The highest BCUT2D eigenvalue weighted by Crippen LogP contribution is 2.68. The lowest BCUT2D eigenvalue weighted by Gasteiger charge is -2.60. The summed E-state index contributed by atoms with van der Waals surface area (Å²) in [6.45, 7) is 4.59. The van der Waals surface area contributed by atoms with Crippen molar-refractivity contribution in [1.29, 1.82) is 0 Å². The first kappa shape index (κ1) is 31.6. The first-order valence-electron chi connectivity index (χ1n) is 17.1. The third kappa shape index (κ3) is 4.95. The molecule has 8 rings (SSSR count). The molecule has 0 radical (unpaired) electrons. The number of furan rings is 1. The fourth-order valence-corrected chi connectivity index (χ4v) is 10.1. The minimum atomic E-state index is -1.50. The van der Waals surface area contributed by atoms with E-state index in [1.165, 1.54) is 30.0 Å². The van der Waals surface area contributed by atoms with Crippen molar-refractivity contribution in [3.63, 3.8) is 0 Å². The average molecular weight is 666 g/mol. The minimum Gasteiger partial charge on any atom is -0.457 e. The summed E-state index contributed by atoms with van der Waals surface area (Å²) in [5.74, 6) is -1.20. The molecule has 1 amide bonds. The SMILES string of the molecule is CC12Cc3cnn(-c4ccc(F)cc4)c3C=C1CCC1C2C(O)CC2(C)C1CC[C@]2(OC(=O)c1ccco1)C(=O)NCCc1cnccn1. The maximum absolute atomic E-state index is 14.4. The fraction of sp³-hybridized carbons (Fsp3) is 0.447. The van der Waals surface area contributed by atoms with Gasteiger partial charge in [-0.05, 0) is 110 Å². The molecule has 6 unspecified atom stereocenters. The summed E-state index contributed by atoms with van der Waals surface area (Å²) in [6, 6.07) is 9.49. The number of aliphatic hydroxyl groups excluding tert-OH is 1. The molecule has 4 aliphatic carbocycles. The van der Waals surface area contributed by atoms with E-state index in [9.17, 15) is 19.1 Å². The number of halogens is 1. The summed E-state index contributed by atoms with van der Waals surface area (Å²) < 4.78 is 27.2. The molecule has 1 aromatic carbocycles. The normalized spacial score (nSPS) is 31.5. The summed E-state index contributed by atoms with van der Waals surface area (Å²) in [4.78, 5) is 36.3. The van der Waals surface area contributed by atoms with Gasteiger partial charge in [0.1, 0.15) is 5.82 Å². The number of amides is 1. The van der Waals surface area contributed by atoms with Gasteiger partial charge in [0.15, 0.2) is 5.60 Å². The molecule has 254 valence electrons. The zero-order valence-corrected chi connectivity index (χ0v) is 27.6. The number of allylic oxidation sites excluding steroid dienone is 1. The third-order valence-corrected chi connectivity index (χ3v) is 12.3. The molecular formula is C38H40FN5O5. The number of carbonyl (C=O) groups excluding carboxylic acids is 2. The number of fused-ring (bicyclic) bond motifs is 6. The molecule has 7 atom stereocenters. The topological polar surface area (TPSA) is 132 Å². The lowest BCUT2D eigenvalue weighted by Crippen LogP contribution is -2.64. The highest BCUT2D eigenvalue weighted by molar-refractivity contribution is 5.93. The van der Waals surface area contributed by atoms with E-state index in [4.69, 9.17) is 9.15 Å². The minimum absolute atomic E-state index is 0.0344. The van der Waals surface area contributed by atoms with Crippen LogP contribution < -0.4 is 5.32 Å². The van der Waals surface area contributed by atoms with Gasteiger partial charge in [0.2, 0.25) is 5.76 Å². The highest BCUT2D eigenvalue weighted by atomic mass is 19.1. The van der Waals surface area contributed by atoms with Gasteiger partial charge in [-0.3, -0.25) is 14.8 Å². The molecule has 4 aliphatic rings. The Morgan fingerprint density at radius 1 is 1.14 bits per heavy atom. The van der Waals surface area contributed by atoms with Crippen LogP contribution >= 0.6 is 0 Å². The lowest BCUT2D eigenvalue weighted by molar-refractivity contribution is -0.182. The number of nitrogens with one attached hydrogen (secondary N) is 1. The first-order chi connectivity index (χ1) is 23.6. The second-order valence-corrected chi connectivity index (χ2v) is 14.7. The zero-order chi connectivity index (χ0) is 34.0. The number of aliphatic hydroxyl groups is 1. The zero-order valence-electron chi connectivity index (χ0n) is 27.6. The van der Waals surface area contributed by atoms with E-state index in [1.54, 1.807) is 36.8 Å². The Morgan fingerprint density at radius 3 is 2.73 bits per heavy atom. The summed E-state index contributed by atoms with van der Waals surface area (Å²) in [5.41, 5.74) is 2.27. The maximum atomic E-state index is 14.4. The second-order valence-electron chi connectivity index (χ2n) is 14.7. The van der Waals surface area contributed by atoms with Crippen molar-refractivity contribution in [1.82, 2.24) is 25.1 Å². The standard InChI is InChI=1S/C38H40FN5O5/c1-36-19-23-21-43-44(27-8-6-25(39)7-9-27)30(23)18-24(36)5-10-28-29-11-13-38(37(29,2)20-31(45)33(28)36,49-34(46)32-4-3-17-48-32)35(47)42-14-12-26-22-40-15-16-41-26/h3-4,6-9,15-18,21-22,28-29,31,33,45H,5,10-14,19-20H2,1-2H3,(H,42,47)/t28?,29?,31?,33?,36?,37?,38-/m0/s1. The van der Waals surface area contributed by atoms with Gasteiger partial charge in [-0.25, -0.2) is 13.9 Å². The Hall–Kier alpha value is -4.64. The smallest absolute Gasteiger partial charge is 0.375 e. The molecule has 0 spiro atoms. The molecule has 3 saturated carbocycles. The van der Waals surface area contributed by atoms with Gasteiger partial charge in [0.25, 0.3) is 5.91 Å². The number of rotatable bonds is 7. The van der Waals surface area contributed by atoms with Crippen molar-refractivity contribution in [3.8, 4) is 5.69 Å². The Labute approximate surface area is 283 Å². The number of aromatic nitrogens is 4. The molecule has 4 aromatic rings. The molecule has 0 aliphatic heterocycles. The van der Waals surface area contributed by atoms with Crippen LogP contribution in [0.15, 0.2) is 77.4 Å². The van der Waals surface area contributed by atoms with Crippen molar-refractivity contribution in [3.05, 3.63) is 102 Å². The molecule has 0 saturated heterocycles. The largest absolute Gasteiger partial charge is 0.457 e. The molecule has 3 fully saturated rings. The average Bonchev–Trinajstić information content (AvgIpc) is 3.83. The number of benzene rings is 1. The lowest BCUT2D eigenvalue weighted by atomic mass is 9.45. The van der Waals surface area contributed by atoms with Crippen molar-refractivity contribution >= 4 is 18.0 Å². The number of hydrogen-bond donors (Lipinski definition) is 2. The highest BCUT2D eigenvalue weighted by Gasteiger charge is 2.71. The fourth-order valence-electron chi connectivity index (χ4n) is 10.1. The van der Waals surface area contributed by atoms with Crippen molar-refractivity contribution < 1.29 is 28.2 Å². The summed E-state index contributed by atoms with van der Waals surface area (Å²) in [6.07, 6.45) is 13.9. The number of nitrogens with zero attached hydrogens (tertiary/aromatic N) is 4. The van der Waals surface area contributed by atoms with Crippen LogP contribution in [0.3, 0.4) is 0 Å². The maximum Gasteiger partial charge on any atom is 0.375 e. The molecule has 2 N–H and O–H groups in total. The van der Waals surface area contributed by atoms with Crippen LogP contribution in [0.2, 0.25) is 0 Å². The predicted octanol–water partition coefficient (Wildman–Crippen LogP) is 5.50. The predicted molar refractivity (Wildman–Crippen MR) is 177 cm³/mol. The Balaban J connectivity index is 1.10. The van der Waals surface area contributed by atoms with Crippen molar-refractivity contribution in [2.45, 2.75) is 70.5 Å². The molecule has 11 heteroatoms. The van der Waals surface area contributed by atoms with Crippen LogP contribution in [0, 0.1) is 34.4 Å². The van der Waals surface area contributed by atoms with Gasteiger partial charge >= 0.3 is 5.97 Å². The molecule has 3 heterocycles. The van der Waals surface area contributed by atoms with E-state index in [-0.39, 0.29) is 40.7 Å². The second kappa shape index (κ2) is 11.8. The van der Waals surface area contributed by atoms with E-state index < -0.39 is 23.1 Å². The number of ether oxygens (including phenoxy) is 1. The van der Waals surface area contributed by atoms with E-state index >= 15 is 0 Å². The van der Waals surface area contributed by atoms with Gasteiger partial charge in [0.05, 0.1) is 35.6 Å². The Morgan fingerprint density at radius 2 is 1.98 bits per heavy atom. The van der Waals surface area contributed by atoms with Crippen molar-refractivity contribution in [2.24, 2.45) is 28.6 Å². The van der Waals surface area contributed by atoms with Gasteiger partial charge in [-0.1, -0.05) is 19.4 Å². The summed E-state index contributed by atoms with van der Waals surface area (Å²) >= 11 is 0. The van der Waals surface area contributed by atoms with Crippen LogP contribution in [0.5, 0.6) is 0 Å². The summed E-state index contributed by atoms with van der Waals surface area (Å²) in [7, 11) is 0. The van der Waals surface area contributed by atoms with Crippen LogP contribution in [0.25, 0.3) is 11.8 Å². The van der Waals surface area contributed by atoms with E-state index in [0.717, 1.165) is 41.9 Å². The van der Waals surface area contributed by atoms with Crippen LogP contribution in [-0.2, 0) is 22.4 Å². The number of hydrogen-bond acceptors (Lipinski definition) is 8. The van der Waals surface area contributed by atoms with Gasteiger partial charge in [-0.2, -0.15) is 5.10 Å². The third-order valence-electron chi connectivity index (χ3n) is 12.3. The van der Waals surface area contributed by atoms with Crippen LogP contribution in [0.1, 0.15) is 73.5 Å². The number of esters is 1. The van der Waals surface area contributed by atoms with E-state index in [2.05, 4.69) is 33.4 Å². The van der Waals surface area contributed by atoms with Crippen LogP contribution in [-0.4, -0.2) is 55.0 Å². The molecule has 49 heavy (non-hydrogen) atoms. The van der Waals surface area contributed by atoms with Gasteiger partial charge < -0.3 is 19.6 Å². The van der Waals surface area contributed by atoms with Crippen molar-refractivity contribution in [2.75, 3.05) is 6.54 Å². The van der Waals surface area contributed by atoms with Crippen LogP contribution in [0.4, 0.5) is 4.39 Å². The van der Waals surface area contributed by atoms with Gasteiger partial charge in [0, 0.05) is 37.0 Å². The monoisotopic (exact) mass is 665 g/mol. The number of carbonyl (C=O) groups is 2. The summed E-state index contributed by atoms with van der Waals surface area (Å²) in [5, 5.41) is 20.0. The molecule has 0 bridgehead atoms. The quantitative estimate of drug-likeness (QED) is 0.248. The molecular weight excluding hydrogens is 625 g/mol. The van der Waals surface area contributed by atoms with E-state index in [0.29, 0.717) is 32.2 Å². The Kier molecular flexibility index (Phi) is 7.58. The molecule has 3 aromatic heterocycles. The molecule has 10 nitrogen and oxygen atoms in total.